The summed E-state index contributed by atoms with van der Waals surface area (Å²) in [5, 5.41) is 11.6. The van der Waals surface area contributed by atoms with E-state index in [1.165, 1.54) is 42.1 Å². The molecule has 3 N–H and O–H groups in total. The summed E-state index contributed by atoms with van der Waals surface area (Å²) in [6, 6.07) is 16.1. The van der Waals surface area contributed by atoms with E-state index in [1.54, 1.807) is 4.57 Å². The molecule has 2 heterocycles. The molecule has 9 nitrogen and oxygen atoms in total. The van der Waals surface area contributed by atoms with Crippen molar-refractivity contribution in [3.8, 4) is 5.69 Å². The van der Waals surface area contributed by atoms with Gasteiger partial charge in [-0.15, -0.1) is 10.2 Å². The largest absolute Gasteiger partial charge is 0.325 e. The molecule has 2 aromatic carbocycles. The van der Waals surface area contributed by atoms with Crippen LogP contribution in [0.1, 0.15) is 11.5 Å². The Morgan fingerprint density at radius 3 is 2.50 bits per heavy atom. The van der Waals surface area contributed by atoms with Gasteiger partial charge >= 0.3 is 5.69 Å². The van der Waals surface area contributed by atoms with Crippen molar-refractivity contribution in [2.75, 3.05) is 11.1 Å². The molecule has 0 aliphatic heterocycles. The van der Waals surface area contributed by atoms with Crippen LogP contribution in [0, 0.1) is 5.82 Å². The van der Waals surface area contributed by atoms with E-state index in [0.717, 1.165) is 5.69 Å². The quantitative estimate of drug-likeness (QED) is 0.369. The van der Waals surface area contributed by atoms with Gasteiger partial charge in [0.1, 0.15) is 11.6 Å². The summed E-state index contributed by atoms with van der Waals surface area (Å²) in [5.41, 5.74) is 0.516. The Kier molecular flexibility index (Phi) is 6.26. The van der Waals surface area contributed by atoms with E-state index in [1.807, 2.05) is 30.3 Å². The number of benzene rings is 2. The van der Waals surface area contributed by atoms with Gasteiger partial charge in [0.05, 0.1) is 5.75 Å². The number of halogens is 1. The number of H-pyrrole nitrogens is 2. The SMILES string of the molecule is O=C(CSc1nnc(Cc2cc(=O)[nH]c(=O)[nH]2)n1-c1ccccc1)Nc1ccc(F)cc1. The second-order valence-corrected chi connectivity index (χ2v) is 7.65. The van der Waals surface area contributed by atoms with E-state index < -0.39 is 11.2 Å². The Morgan fingerprint density at radius 1 is 1.03 bits per heavy atom. The molecule has 4 aromatic rings. The summed E-state index contributed by atoms with van der Waals surface area (Å²) in [6.45, 7) is 0. The zero-order valence-electron chi connectivity index (χ0n) is 16.5. The minimum absolute atomic E-state index is 0.0458. The van der Waals surface area contributed by atoms with Crippen molar-refractivity contribution in [3.05, 3.63) is 98.8 Å². The molecule has 0 unspecified atom stereocenters. The number of anilines is 1. The third kappa shape index (κ3) is 5.19. The average molecular weight is 452 g/mol. The number of carbonyl (C=O) groups is 1. The van der Waals surface area contributed by atoms with E-state index in [0.29, 0.717) is 22.4 Å². The number of rotatable bonds is 7. The number of thioether (sulfide) groups is 1. The minimum Gasteiger partial charge on any atom is -0.325 e. The van der Waals surface area contributed by atoms with Gasteiger partial charge in [-0.25, -0.2) is 9.18 Å². The van der Waals surface area contributed by atoms with Gasteiger partial charge in [-0.05, 0) is 36.4 Å². The van der Waals surface area contributed by atoms with Gasteiger partial charge in [-0.1, -0.05) is 30.0 Å². The van der Waals surface area contributed by atoms with Gasteiger partial charge < -0.3 is 10.3 Å². The number of para-hydroxylation sites is 1. The highest BCUT2D eigenvalue weighted by Gasteiger charge is 2.17. The Bertz CT molecular complexity index is 1320. The maximum absolute atomic E-state index is 13.0. The van der Waals surface area contributed by atoms with Gasteiger partial charge in [-0.3, -0.25) is 19.1 Å². The normalized spacial score (nSPS) is 10.8. The van der Waals surface area contributed by atoms with Crippen LogP contribution in [0.5, 0.6) is 0 Å². The van der Waals surface area contributed by atoms with Crippen LogP contribution in [0.15, 0.2) is 75.4 Å². The number of nitrogens with one attached hydrogen (secondary N) is 3. The molecular formula is C21H17FN6O3S. The Labute approximate surface area is 184 Å². The van der Waals surface area contributed by atoms with Crippen molar-refractivity contribution in [2.24, 2.45) is 0 Å². The molecule has 162 valence electrons. The molecule has 0 fully saturated rings. The highest BCUT2D eigenvalue weighted by atomic mass is 32.2. The summed E-state index contributed by atoms with van der Waals surface area (Å²) >= 11 is 1.17. The van der Waals surface area contributed by atoms with Crippen LogP contribution in [0.2, 0.25) is 0 Å². The number of aromatic amines is 2. The lowest BCUT2D eigenvalue weighted by atomic mass is 10.2. The van der Waals surface area contributed by atoms with Gasteiger partial charge in [-0.2, -0.15) is 0 Å². The molecule has 0 bridgehead atoms. The average Bonchev–Trinajstić information content (AvgIpc) is 3.16. The van der Waals surface area contributed by atoms with E-state index in [2.05, 4.69) is 25.5 Å². The van der Waals surface area contributed by atoms with Crippen molar-refractivity contribution >= 4 is 23.4 Å². The summed E-state index contributed by atoms with van der Waals surface area (Å²) in [5.74, 6) is -0.143. The number of aromatic nitrogens is 5. The molecule has 0 aliphatic carbocycles. The maximum atomic E-state index is 13.0. The molecule has 0 atom stereocenters. The van der Waals surface area contributed by atoms with E-state index in [4.69, 9.17) is 0 Å². The Balaban J connectivity index is 1.56. The highest BCUT2D eigenvalue weighted by molar-refractivity contribution is 7.99. The van der Waals surface area contributed by atoms with Crippen molar-refractivity contribution in [3.63, 3.8) is 0 Å². The third-order valence-corrected chi connectivity index (χ3v) is 5.27. The second kappa shape index (κ2) is 9.43. The molecule has 0 aliphatic rings. The number of hydrogen-bond acceptors (Lipinski definition) is 6. The Morgan fingerprint density at radius 2 is 1.78 bits per heavy atom. The molecule has 32 heavy (non-hydrogen) atoms. The first-order valence-corrected chi connectivity index (χ1v) is 10.5. The van der Waals surface area contributed by atoms with Crippen LogP contribution in [0.3, 0.4) is 0 Å². The van der Waals surface area contributed by atoms with Crippen molar-refractivity contribution in [2.45, 2.75) is 11.6 Å². The summed E-state index contributed by atoms with van der Waals surface area (Å²) in [7, 11) is 0. The number of carbonyl (C=O) groups excluding carboxylic acids is 1. The van der Waals surface area contributed by atoms with E-state index >= 15 is 0 Å². The van der Waals surface area contributed by atoms with Crippen LogP contribution >= 0.6 is 11.8 Å². The maximum Gasteiger partial charge on any atom is 0.325 e. The lowest BCUT2D eigenvalue weighted by Gasteiger charge is -2.10. The minimum atomic E-state index is -0.606. The topological polar surface area (TPSA) is 126 Å². The fraction of sp³-hybridized carbons (Fsp3) is 0.0952. The molecular weight excluding hydrogens is 435 g/mol. The van der Waals surface area contributed by atoms with Crippen LogP contribution < -0.4 is 16.6 Å². The van der Waals surface area contributed by atoms with Crippen LogP contribution in [-0.2, 0) is 11.2 Å². The van der Waals surface area contributed by atoms with Crippen LogP contribution in [0.4, 0.5) is 10.1 Å². The number of amides is 1. The molecule has 4 rings (SSSR count). The zero-order valence-corrected chi connectivity index (χ0v) is 17.4. The monoisotopic (exact) mass is 452 g/mol. The van der Waals surface area contributed by atoms with Gasteiger partial charge in [0, 0.05) is 29.6 Å². The molecule has 11 heteroatoms. The van der Waals surface area contributed by atoms with Gasteiger partial charge in [0.15, 0.2) is 5.16 Å². The highest BCUT2D eigenvalue weighted by Crippen LogP contribution is 2.23. The summed E-state index contributed by atoms with van der Waals surface area (Å²) in [4.78, 5) is 40.2. The third-order valence-electron chi connectivity index (χ3n) is 4.34. The second-order valence-electron chi connectivity index (χ2n) is 6.70. The van der Waals surface area contributed by atoms with Crippen LogP contribution in [-0.4, -0.2) is 36.4 Å². The smallest absolute Gasteiger partial charge is 0.325 e. The molecule has 0 saturated heterocycles. The predicted molar refractivity (Wildman–Crippen MR) is 118 cm³/mol. The Hall–Kier alpha value is -3.99. The first-order chi connectivity index (χ1) is 15.5. The molecule has 2 aromatic heterocycles. The van der Waals surface area contributed by atoms with E-state index in [-0.39, 0.29) is 23.9 Å². The number of nitrogens with zero attached hydrogens (tertiary/aromatic N) is 3. The van der Waals surface area contributed by atoms with Crippen molar-refractivity contribution in [1.82, 2.24) is 24.7 Å². The van der Waals surface area contributed by atoms with Gasteiger partial charge in [0.2, 0.25) is 5.91 Å². The predicted octanol–water partition coefficient (Wildman–Crippen LogP) is 2.10. The van der Waals surface area contributed by atoms with E-state index in [9.17, 15) is 18.8 Å². The summed E-state index contributed by atoms with van der Waals surface area (Å²) < 4.78 is 14.8. The fourth-order valence-electron chi connectivity index (χ4n) is 2.99. The molecule has 0 spiro atoms. The van der Waals surface area contributed by atoms with Crippen LogP contribution in [0.25, 0.3) is 5.69 Å². The van der Waals surface area contributed by atoms with Gasteiger partial charge in [0.25, 0.3) is 5.56 Å². The fourth-order valence-corrected chi connectivity index (χ4v) is 3.76. The molecule has 0 radical (unpaired) electrons. The lowest BCUT2D eigenvalue weighted by molar-refractivity contribution is -0.113. The standard InChI is InChI=1S/C21H17FN6O3S/c22-13-6-8-14(9-7-13)23-19(30)12-32-21-27-26-17(28(21)16-4-2-1-3-5-16)10-15-11-18(29)25-20(31)24-15/h1-9,11H,10,12H2,(H,23,30)(H2,24,25,29,31). The van der Waals surface area contributed by atoms with Crippen molar-refractivity contribution in [1.29, 1.82) is 0 Å². The number of hydrogen-bond donors (Lipinski definition) is 3. The van der Waals surface area contributed by atoms with Crippen molar-refractivity contribution < 1.29 is 9.18 Å². The zero-order chi connectivity index (χ0) is 22.5. The lowest BCUT2D eigenvalue weighted by Crippen LogP contribution is -2.23. The molecule has 1 amide bonds. The molecule has 0 saturated carbocycles. The first-order valence-electron chi connectivity index (χ1n) is 9.48. The first kappa shape index (κ1) is 21.2. The summed E-state index contributed by atoms with van der Waals surface area (Å²) in [6.07, 6.45) is 0.156.